The molecule has 1 aromatic carbocycles. The van der Waals surface area contributed by atoms with Gasteiger partial charge in [0.2, 0.25) is 0 Å². The summed E-state index contributed by atoms with van der Waals surface area (Å²) in [6.07, 6.45) is 2.86. The van der Waals surface area contributed by atoms with E-state index < -0.39 is 5.60 Å². The monoisotopic (exact) mass is 366 g/mol. The fourth-order valence-electron chi connectivity index (χ4n) is 3.60. The molecule has 3 rings (SSSR count). The van der Waals surface area contributed by atoms with Crippen molar-refractivity contribution in [1.82, 2.24) is 10.2 Å². The number of nitrogens with zero attached hydrogens (tertiary/aromatic N) is 1. The molecule has 0 spiro atoms. The van der Waals surface area contributed by atoms with Gasteiger partial charge in [0.25, 0.3) is 5.91 Å². The van der Waals surface area contributed by atoms with E-state index in [0.717, 1.165) is 12.8 Å². The van der Waals surface area contributed by atoms with Gasteiger partial charge in [-0.3, -0.25) is 4.79 Å². The maximum Gasteiger partial charge on any atom is 0.256 e. The van der Waals surface area contributed by atoms with E-state index in [4.69, 9.17) is 9.47 Å². The third-order valence-electron chi connectivity index (χ3n) is 5.22. The first-order valence-corrected chi connectivity index (χ1v) is 9.17. The van der Waals surface area contributed by atoms with Gasteiger partial charge in [-0.2, -0.15) is 0 Å². The minimum atomic E-state index is -1.44. The Hall–Kier alpha value is -1.70. The number of methoxy groups -OCH3 is 1. The van der Waals surface area contributed by atoms with Crippen molar-refractivity contribution >= 4 is 5.91 Å². The second-order valence-electron chi connectivity index (χ2n) is 7.09. The zero-order valence-corrected chi connectivity index (χ0v) is 15.2. The number of rotatable bonds is 6. The molecule has 7 heteroatoms. The number of hydrogen-bond acceptors (Lipinski definition) is 5. The maximum absolute atomic E-state index is 14.1. The Balaban J connectivity index is 1.64. The van der Waals surface area contributed by atoms with Crippen LogP contribution in [0.3, 0.4) is 0 Å². The van der Waals surface area contributed by atoms with Crippen molar-refractivity contribution in [2.45, 2.75) is 43.9 Å². The summed E-state index contributed by atoms with van der Waals surface area (Å²) in [4.78, 5) is 14.4. The van der Waals surface area contributed by atoms with Crippen LogP contribution in [0.5, 0.6) is 5.75 Å². The molecule has 144 valence electrons. The number of likely N-dealkylation sites (tertiary alicyclic amines) is 1. The molecule has 0 unspecified atom stereocenters. The average Bonchev–Trinajstić information content (AvgIpc) is 2.66. The Bertz CT molecular complexity index is 636. The molecule has 0 aliphatic carbocycles. The van der Waals surface area contributed by atoms with Crippen molar-refractivity contribution in [2.75, 3.05) is 33.4 Å². The summed E-state index contributed by atoms with van der Waals surface area (Å²) in [5.74, 6) is -0.180. The van der Waals surface area contributed by atoms with Gasteiger partial charge in [0.1, 0.15) is 11.6 Å². The summed E-state index contributed by atoms with van der Waals surface area (Å²) >= 11 is 0. The first kappa shape index (κ1) is 19.1. The van der Waals surface area contributed by atoms with Crippen molar-refractivity contribution < 1.29 is 23.8 Å². The van der Waals surface area contributed by atoms with E-state index in [1.165, 1.54) is 18.1 Å². The molecular formula is C19H27FN2O4. The summed E-state index contributed by atoms with van der Waals surface area (Å²) in [6.45, 7) is 2.25. The van der Waals surface area contributed by atoms with Gasteiger partial charge in [-0.05, 0) is 43.9 Å². The Labute approximate surface area is 153 Å². The number of ether oxygens (including phenoxy) is 2. The van der Waals surface area contributed by atoms with E-state index >= 15 is 0 Å². The minimum Gasteiger partial charge on any atom is -0.497 e. The van der Waals surface area contributed by atoms with Crippen molar-refractivity contribution in [2.24, 2.45) is 0 Å². The maximum atomic E-state index is 14.1. The van der Waals surface area contributed by atoms with Gasteiger partial charge in [-0.25, -0.2) is 4.39 Å². The minimum absolute atomic E-state index is 0.126. The molecule has 26 heavy (non-hydrogen) atoms. The first-order valence-electron chi connectivity index (χ1n) is 9.17. The van der Waals surface area contributed by atoms with Gasteiger partial charge in [-0.1, -0.05) is 0 Å². The van der Waals surface area contributed by atoms with Gasteiger partial charge >= 0.3 is 0 Å². The summed E-state index contributed by atoms with van der Waals surface area (Å²) < 4.78 is 24.6. The highest BCUT2D eigenvalue weighted by Crippen LogP contribution is 2.26. The predicted molar refractivity (Wildman–Crippen MR) is 94.4 cm³/mol. The molecule has 1 aromatic rings. The fraction of sp³-hybridized carbons (Fsp3) is 0.632. The highest BCUT2D eigenvalue weighted by molar-refractivity contribution is 5.86. The standard InChI is InChI=1S/C19H27FN2O4/c1-25-16-3-4-17(20)14(11-16)12-22-8-2-7-19(24,18(22)23)13-21-15-5-9-26-10-6-15/h3-4,11,15,21,24H,2,5-10,12-13H2,1H3/t19-/m1/s1. The lowest BCUT2D eigenvalue weighted by molar-refractivity contribution is -0.157. The van der Waals surface area contributed by atoms with Crippen LogP contribution in [-0.2, 0) is 16.1 Å². The Kier molecular flexibility index (Phi) is 6.11. The van der Waals surface area contributed by atoms with Crippen LogP contribution in [0.4, 0.5) is 4.39 Å². The SMILES string of the molecule is COc1ccc(F)c(CN2CCC[C@@](O)(CNC3CCOCC3)C2=O)c1. The zero-order valence-electron chi connectivity index (χ0n) is 15.2. The molecular weight excluding hydrogens is 339 g/mol. The largest absolute Gasteiger partial charge is 0.497 e. The fourth-order valence-corrected chi connectivity index (χ4v) is 3.60. The second kappa shape index (κ2) is 8.33. The van der Waals surface area contributed by atoms with E-state index in [1.54, 1.807) is 12.1 Å². The lowest BCUT2D eigenvalue weighted by atomic mass is 9.90. The van der Waals surface area contributed by atoms with Crippen molar-refractivity contribution in [3.8, 4) is 5.75 Å². The third-order valence-corrected chi connectivity index (χ3v) is 5.22. The summed E-state index contributed by atoms with van der Waals surface area (Å²) in [5.41, 5.74) is -1.05. The van der Waals surface area contributed by atoms with Crippen molar-refractivity contribution in [3.63, 3.8) is 0 Å². The number of aliphatic hydroxyl groups is 1. The molecule has 2 N–H and O–H groups in total. The second-order valence-corrected chi connectivity index (χ2v) is 7.09. The van der Waals surface area contributed by atoms with E-state index in [2.05, 4.69) is 5.32 Å². The van der Waals surface area contributed by atoms with Crippen LogP contribution in [0, 0.1) is 5.82 Å². The molecule has 6 nitrogen and oxygen atoms in total. The van der Waals surface area contributed by atoms with E-state index in [1.807, 2.05) is 0 Å². The van der Waals surface area contributed by atoms with Crippen LogP contribution in [-0.4, -0.2) is 61.0 Å². The Morgan fingerprint density at radius 3 is 2.92 bits per heavy atom. The molecule has 1 atom stereocenters. The van der Waals surface area contributed by atoms with E-state index in [9.17, 15) is 14.3 Å². The van der Waals surface area contributed by atoms with Crippen LogP contribution in [0.25, 0.3) is 0 Å². The summed E-state index contributed by atoms with van der Waals surface area (Å²) in [5, 5.41) is 14.2. The number of hydrogen-bond donors (Lipinski definition) is 2. The van der Waals surface area contributed by atoms with Crippen LogP contribution in [0.15, 0.2) is 18.2 Å². The van der Waals surface area contributed by atoms with Crippen LogP contribution >= 0.6 is 0 Å². The molecule has 0 aromatic heterocycles. The third kappa shape index (κ3) is 4.34. The molecule has 0 saturated carbocycles. The van der Waals surface area contributed by atoms with Gasteiger partial charge < -0.3 is 24.8 Å². The molecule has 2 saturated heterocycles. The molecule has 0 radical (unpaired) electrons. The molecule has 0 bridgehead atoms. The van der Waals surface area contributed by atoms with Crippen LogP contribution in [0.2, 0.25) is 0 Å². The summed E-state index contributed by atoms with van der Waals surface area (Å²) in [6, 6.07) is 4.73. The summed E-state index contributed by atoms with van der Waals surface area (Å²) in [7, 11) is 1.52. The molecule has 2 fully saturated rings. The molecule has 2 heterocycles. The number of carbonyl (C=O) groups is 1. The molecule has 2 aliphatic heterocycles. The van der Waals surface area contributed by atoms with Gasteiger partial charge in [0, 0.05) is 44.5 Å². The lowest BCUT2D eigenvalue weighted by Gasteiger charge is -2.39. The Morgan fingerprint density at radius 2 is 2.19 bits per heavy atom. The van der Waals surface area contributed by atoms with Crippen molar-refractivity contribution in [3.05, 3.63) is 29.6 Å². The zero-order chi connectivity index (χ0) is 18.6. The van der Waals surface area contributed by atoms with E-state index in [0.29, 0.717) is 43.9 Å². The highest BCUT2D eigenvalue weighted by Gasteiger charge is 2.42. The Morgan fingerprint density at radius 1 is 1.42 bits per heavy atom. The topological polar surface area (TPSA) is 71.0 Å². The number of halogens is 1. The van der Waals surface area contributed by atoms with Crippen LogP contribution in [0.1, 0.15) is 31.2 Å². The number of amides is 1. The molecule has 2 aliphatic rings. The van der Waals surface area contributed by atoms with Gasteiger partial charge in [0.05, 0.1) is 7.11 Å². The van der Waals surface area contributed by atoms with Gasteiger partial charge in [-0.15, -0.1) is 0 Å². The normalized spacial score (nSPS) is 24.7. The van der Waals surface area contributed by atoms with E-state index in [-0.39, 0.29) is 30.9 Å². The van der Waals surface area contributed by atoms with Crippen molar-refractivity contribution in [1.29, 1.82) is 0 Å². The quantitative estimate of drug-likeness (QED) is 0.798. The smallest absolute Gasteiger partial charge is 0.256 e. The predicted octanol–water partition coefficient (Wildman–Crippen LogP) is 1.46. The average molecular weight is 366 g/mol. The molecule has 1 amide bonds. The van der Waals surface area contributed by atoms with Gasteiger partial charge in [0.15, 0.2) is 5.60 Å². The van der Waals surface area contributed by atoms with Crippen LogP contribution < -0.4 is 10.1 Å². The number of nitrogens with one attached hydrogen (secondary N) is 1. The number of benzene rings is 1. The lowest BCUT2D eigenvalue weighted by Crippen LogP contribution is -2.59. The number of piperidine rings is 1. The highest BCUT2D eigenvalue weighted by atomic mass is 19.1. The first-order chi connectivity index (χ1) is 12.5. The number of carbonyl (C=O) groups excluding carboxylic acids is 1.